The maximum Gasteiger partial charge on any atom is 0.323 e. The van der Waals surface area contributed by atoms with E-state index in [2.05, 4.69) is 10.3 Å². The Balaban J connectivity index is 1.17. The second-order valence-electron chi connectivity index (χ2n) is 9.08. The van der Waals surface area contributed by atoms with Crippen LogP contribution in [0.1, 0.15) is 63.4 Å². The maximum absolute atomic E-state index is 12.6. The second kappa shape index (κ2) is 11.1. The van der Waals surface area contributed by atoms with Crippen LogP contribution in [0.3, 0.4) is 0 Å². The Labute approximate surface area is 204 Å². The van der Waals surface area contributed by atoms with Crippen molar-refractivity contribution in [1.82, 2.24) is 15.1 Å². The number of amides is 2. The van der Waals surface area contributed by atoms with Gasteiger partial charge in [0.1, 0.15) is 18.8 Å². The molecule has 184 valence electrons. The molecule has 0 radical (unpaired) electrons. The quantitative estimate of drug-likeness (QED) is 0.459. The zero-order chi connectivity index (χ0) is 24.1. The lowest BCUT2D eigenvalue weighted by molar-refractivity contribution is -0.146. The zero-order valence-electron chi connectivity index (χ0n) is 19.2. The van der Waals surface area contributed by atoms with E-state index in [1.54, 1.807) is 11.0 Å². The number of aliphatic imine (C=N–C) groups is 1. The number of rotatable bonds is 11. The highest BCUT2D eigenvalue weighted by atomic mass is 35.5. The highest BCUT2D eigenvalue weighted by molar-refractivity contribution is 6.33. The Bertz CT molecular complexity index is 976. The number of carbonyl (C=O) groups excluding carboxylic acids is 2. The Kier molecular flexibility index (Phi) is 7.92. The molecule has 9 nitrogen and oxygen atoms in total. The predicted octanol–water partition coefficient (Wildman–Crippen LogP) is 3.46. The summed E-state index contributed by atoms with van der Waals surface area (Å²) >= 11 is 6.56. The van der Waals surface area contributed by atoms with Gasteiger partial charge in [-0.2, -0.15) is 0 Å². The molecule has 1 aromatic rings. The number of ether oxygens (including phenoxy) is 1. The first kappa shape index (κ1) is 24.3. The van der Waals surface area contributed by atoms with Crippen molar-refractivity contribution in [3.63, 3.8) is 0 Å². The minimum Gasteiger partial charge on any atom is -0.492 e. The first-order valence-corrected chi connectivity index (χ1v) is 12.4. The summed E-state index contributed by atoms with van der Waals surface area (Å²) in [5, 5.41) is 12.4. The van der Waals surface area contributed by atoms with Crippen LogP contribution in [0.2, 0.25) is 5.02 Å². The van der Waals surface area contributed by atoms with E-state index in [0.29, 0.717) is 36.3 Å². The third-order valence-corrected chi connectivity index (χ3v) is 6.99. The fourth-order valence-electron chi connectivity index (χ4n) is 4.82. The molecule has 0 unspecified atom stereocenters. The average molecular weight is 491 g/mol. The number of hydrogen-bond donors (Lipinski definition) is 2. The summed E-state index contributed by atoms with van der Waals surface area (Å²) in [6.07, 6.45) is 7.68. The molecule has 2 N–H and O–H groups in total. The van der Waals surface area contributed by atoms with Crippen LogP contribution in [-0.2, 0) is 20.9 Å². The van der Waals surface area contributed by atoms with Crippen LogP contribution < -0.4 is 10.1 Å². The number of nitrogens with one attached hydrogen (secondary N) is 1. The highest BCUT2D eigenvalue weighted by Crippen LogP contribution is 2.38. The number of hydrogen-bond acceptors (Lipinski definition) is 6. The van der Waals surface area contributed by atoms with Crippen LogP contribution in [-0.4, -0.2) is 64.4 Å². The van der Waals surface area contributed by atoms with Crippen LogP contribution in [0.4, 0.5) is 5.69 Å². The highest BCUT2D eigenvalue weighted by Gasteiger charge is 2.31. The van der Waals surface area contributed by atoms with Gasteiger partial charge in [0, 0.05) is 18.0 Å². The number of fused-ring (bicyclic) bond motifs is 2. The number of carboxylic acids is 1. The largest absolute Gasteiger partial charge is 0.492 e. The van der Waals surface area contributed by atoms with E-state index in [9.17, 15) is 14.4 Å². The van der Waals surface area contributed by atoms with Gasteiger partial charge < -0.3 is 19.6 Å². The predicted molar refractivity (Wildman–Crippen MR) is 127 cm³/mol. The SMILES string of the molecule is O=C(O)CN(C(=O)CCCCCCOc1ccc2c(c1Cl)CN1CC(=O)NC1=N2)C1CCCC1. The molecule has 34 heavy (non-hydrogen) atoms. The number of halogens is 1. The molecular formula is C24H31ClN4O5. The van der Waals surface area contributed by atoms with Gasteiger partial charge in [0.25, 0.3) is 0 Å². The third-order valence-electron chi connectivity index (χ3n) is 6.58. The number of nitrogens with zero attached hydrogens (tertiary/aromatic N) is 3. The summed E-state index contributed by atoms with van der Waals surface area (Å²) < 4.78 is 5.89. The van der Waals surface area contributed by atoms with Crippen molar-refractivity contribution in [1.29, 1.82) is 0 Å². The third kappa shape index (κ3) is 5.81. The number of carboxylic acid groups (broad SMARTS) is 1. The van der Waals surface area contributed by atoms with Gasteiger partial charge in [-0.05, 0) is 37.8 Å². The molecule has 0 spiro atoms. The van der Waals surface area contributed by atoms with Crippen LogP contribution >= 0.6 is 11.6 Å². The van der Waals surface area contributed by atoms with Crippen molar-refractivity contribution >= 4 is 41.0 Å². The Morgan fingerprint density at radius 1 is 1.18 bits per heavy atom. The Morgan fingerprint density at radius 2 is 1.94 bits per heavy atom. The molecule has 0 aromatic heterocycles. The zero-order valence-corrected chi connectivity index (χ0v) is 20.0. The molecule has 1 aliphatic carbocycles. The van der Waals surface area contributed by atoms with E-state index in [1.165, 1.54) is 0 Å². The lowest BCUT2D eigenvalue weighted by Crippen LogP contribution is -2.42. The molecule has 2 heterocycles. The standard InChI is InChI=1S/C24H31ClN4O5/c25-23-17-13-28-14-20(30)27-24(28)26-18(17)10-11-19(23)34-12-6-2-1-3-9-21(31)29(15-22(32)33)16-7-4-5-8-16/h10-11,16H,1-9,12-15H2,(H,32,33)(H,26,27,30). The number of guanidine groups is 1. The molecule has 10 heteroatoms. The molecule has 1 saturated heterocycles. The minimum atomic E-state index is -0.948. The van der Waals surface area contributed by atoms with Gasteiger partial charge >= 0.3 is 5.97 Å². The van der Waals surface area contributed by atoms with Gasteiger partial charge in [0.15, 0.2) is 0 Å². The Morgan fingerprint density at radius 3 is 2.71 bits per heavy atom. The smallest absolute Gasteiger partial charge is 0.323 e. The van der Waals surface area contributed by atoms with Crippen LogP contribution in [0, 0.1) is 0 Å². The summed E-state index contributed by atoms with van der Waals surface area (Å²) in [5.74, 6) is 0.0980. The van der Waals surface area contributed by atoms with Crippen LogP contribution in [0.15, 0.2) is 17.1 Å². The van der Waals surface area contributed by atoms with Gasteiger partial charge in [-0.1, -0.05) is 37.3 Å². The van der Waals surface area contributed by atoms with Gasteiger partial charge in [-0.15, -0.1) is 0 Å². The van der Waals surface area contributed by atoms with E-state index in [4.69, 9.17) is 21.4 Å². The summed E-state index contributed by atoms with van der Waals surface area (Å²) in [6.45, 7) is 1.10. The van der Waals surface area contributed by atoms with Gasteiger partial charge in [-0.25, -0.2) is 4.99 Å². The van der Waals surface area contributed by atoms with Crippen LogP contribution in [0.5, 0.6) is 5.75 Å². The van der Waals surface area contributed by atoms with E-state index in [1.807, 2.05) is 11.0 Å². The fourth-order valence-corrected chi connectivity index (χ4v) is 5.10. The minimum absolute atomic E-state index is 0.0490. The molecule has 3 aliphatic rings. The summed E-state index contributed by atoms with van der Waals surface area (Å²) in [4.78, 5) is 43.2. The fraction of sp³-hybridized carbons (Fsp3) is 0.583. The lowest BCUT2D eigenvalue weighted by Gasteiger charge is -2.27. The maximum atomic E-state index is 12.6. The number of aliphatic carboxylic acids is 1. The lowest BCUT2D eigenvalue weighted by atomic mass is 10.1. The average Bonchev–Trinajstić information content (AvgIpc) is 3.45. The first-order valence-electron chi connectivity index (χ1n) is 12.0. The molecule has 2 fully saturated rings. The molecule has 4 rings (SSSR count). The van der Waals surface area contributed by atoms with Crippen molar-refractivity contribution in [2.45, 2.75) is 70.4 Å². The normalized spacial score (nSPS) is 17.1. The number of unbranched alkanes of at least 4 members (excludes halogenated alkanes) is 3. The molecule has 0 atom stereocenters. The summed E-state index contributed by atoms with van der Waals surface area (Å²) in [6, 6.07) is 3.73. The van der Waals surface area contributed by atoms with Gasteiger partial charge in [-0.3, -0.25) is 19.7 Å². The second-order valence-corrected chi connectivity index (χ2v) is 9.46. The van der Waals surface area contributed by atoms with Gasteiger partial charge in [0.05, 0.1) is 23.9 Å². The van der Waals surface area contributed by atoms with Crippen molar-refractivity contribution in [2.24, 2.45) is 4.99 Å². The molecule has 0 bridgehead atoms. The molecule has 2 aliphatic heterocycles. The Hall–Kier alpha value is -2.81. The van der Waals surface area contributed by atoms with Crippen molar-refractivity contribution in [2.75, 3.05) is 19.7 Å². The van der Waals surface area contributed by atoms with E-state index in [0.717, 1.165) is 62.6 Å². The van der Waals surface area contributed by atoms with E-state index < -0.39 is 5.97 Å². The van der Waals surface area contributed by atoms with E-state index in [-0.39, 0.29) is 30.9 Å². The topological polar surface area (TPSA) is 112 Å². The monoisotopic (exact) mass is 490 g/mol. The summed E-state index contributed by atoms with van der Waals surface area (Å²) in [5.41, 5.74) is 1.59. The van der Waals surface area contributed by atoms with Crippen molar-refractivity contribution in [3.8, 4) is 5.75 Å². The summed E-state index contributed by atoms with van der Waals surface area (Å²) in [7, 11) is 0. The van der Waals surface area contributed by atoms with Crippen molar-refractivity contribution in [3.05, 3.63) is 22.7 Å². The molecule has 2 amide bonds. The molecular weight excluding hydrogens is 460 g/mol. The van der Waals surface area contributed by atoms with Gasteiger partial charge in [0.2, 0.25) is 17.8 Å². The number of benzene rings is 1. The first-order chi connectivity index (χ1) is 16.4. The van der Waals surface area contributed by atoms with E-state index >= 15 is 0 Å². The molecule has 1 saturated carbocycles. The molecule has 1 aromatic carbocycles. The van der Waals surface area contributed by atoms with Crippen molar-refractivity contribution < 1.29 is 24.2 Å². The number of carbonyl (C=O) groups is 3. The van der Waals surface area contributed by atoms with Crippen LogP contribution in [0.25, 0.3) is 0 Å².